The molecule has 0 aromatic heterocycles. The van der Waals surface area contributed by atoms with Crippen molar-refractivity contribution in [1.29, 1.82) is 0 Å². The molecule has 0 amide bonds. The summed E-state index contributed by atoms with van der Waals surface area (Å²) in [6, 6.07) is 80.2. The molecule has 0 N–H and O–H groups in total. The zero-order valence-corrected chi connectivity index (χ0v) is 30.8. The van der Waals surface area contributed by atoms with E-state index in [0.717, 1.165) is 0 Å². The summed E-state index contributed by atoms with van der Waals surface area (Å²) < 4.78 is 0. The lowest BCUT2D eigenvalue weighted by molar-refractivity contribution is 1.60. The van der Waals surface area contributed by atoms with E-state index in [1.807, 2.05) is 0 Å². The summed E-state index contributed by atoms with van der Waals surface area (Å²) >= 11 is 0. The Hall–Kier alpha value is -7.28. The number of hydrogen-bond donors (Lipinski definition) is 0. The number of rotatable bonds is 5. The molecule has 11 aromatic carbocycles. The zero-order valence-electron chi connectivity index (χ0n) is 30.8. The molecule has 0 fully saturated rings. The van der Waals surface area contributed by atoms with Crippen LogP contribution in [0.2, 0.25) is 0 Å². The topological polar surface area (TPSA) is 0 Å². The fourth-order valence-electron chi connectivity index (χ4n) is 9.03. The second-order valence-electron chi connectivity index (χ2n) is 14.8. The van der Waals surface area contributed by atoms with Gasteiger partial charge in [-0.15, -0.1) is 0 Å². The van der Waals surface area contributed by atoms with Gasteiger partial charge in [-0.25, -0.2) is 0 Å². The molecular weight excluding hydrogens is 673 g/mol. The van der Waals surface area contributed by atoms with Crippen LogP contribution >= 0.6 is 0 Å². The van der Waals surface area contributed by atoms with E-state index in [1.54, 1.807) is 0 Å². The first-order valence-corrected chi connectivity index (χ1v) is 19.4. The highest BCUT2D eigenvalue weighted by Crippen LogP contribution is 2.45. The van der Waals surface area contributed by atoms with Gasteiger partial charge in [0.2, 0.25) is 0 Å². The molecule has 0 heteroatoms. The van der Waals surface area contributed by atoms with Crippen molar-refractivity contribution in [3.63, 3.8) is 0 Å². The third-order valence-electron chi connectivity index (χ3n) is 11.7. The average molecular weight is 709 g/mol. The molecule has 0 aliphatic rings. The first-order chi connectivity index (χ1) is 27.8. The summed E-state index contributed by atoms with van der Waals surface area (Å²) in [4.78, 5) is 0. The van der Waals surface area contributed by atoms with Crippen molar-refractivity contribution in [1.82, 2.24) is 0 Å². The highest BCUT2D eigenvalue weighted by Gasteiger charge is 2.17. The predicted molar refractivity (Wildman–Crippen MR) is 241 cm³/mol. The normalized spacial score (nSPS) is 11.6. The molecule has 0 aliphatic heterocycles. The fourth-order valence-corrected chi connectivity index (χ4v) is 9.03. The Balaban J connectivity index is 0.984. The summed E-state index contributed by atoms with van der Waals surface area (Å²) in [6.45, 7) is 0. The van der Waals surface area contributed by atoms with E-state index in [1.165, 1.54) is 109 Å². The Kier molecular flexibility index (Phi) is 7.60. The molecule has 0 unspecified atom stereocenters. The molecule has 56 heavy (non-hydrogen) atoms. The van der Waals surface area contributed by atoms with Gasteiger partial charge in [-0.3, -0.25) is 0 Å². The lowest BCUT2D eigenvalue weighted by Crippen LogP contribution is -1.91. The lowest BCUT2D eigenvalue weighted by atomic mass is 9.85. The fraction of sp³-hybridized carbons (Fsp3) is 0. The average Bonchev–Trinajstić information content (AvgIpc) is 3.28. The Morgan fingerprint density at radius 3 is 1.23 bits per heavy atom. The summed E-state index contributed by atoms with van der Waals surface area (Å²) in [5.41, 5.74) is 12.4. The van der Waals surface area contributed by atoms with Crippen molar-refractivity contribution in [3.8, 4) is 55.6 Å². The van der Waals surface area contributed by atoms with Gasteiger partial charge in [-0.1, -0.05) is 212 Å². The standard InChI is InChI=1S/C56H36/c1-3-17-45-39(12-1)14-10-23-48(45)43-15-9-16-44(36-43)56-53-21-7-5-19-51(53)55(52-20-6-8-22-54(52)56)42-32-28-38(29-33-42)37-26-30-41(31-27-37)47-24-11-25-49-46-18-4-2-13-40(46)34-35-50(47)49/h1-36H. The van der Waals surface area contributed by atoms with Gasteiger partial charge in [0.1, 0.15) is 0 Å². The van der Waals surface area contributed by atoms with Crippen LogP contribution in [0.4, 0.5) is 0 Å². The summed E-state index contributed by atoms with van der Waals surface area (Å²) in [5.74, 6) is 0. The minimum absolute atomic E-state index is 1.21. The molecule has 0 nitrogen and oxygen atoms in total. The van der Waals surface area contributed by atoms with E-state index in [9.17, 15) is 0 Å². The summed E-state index contributed by atoms with van der Waals surface area (Å²) in [7, 11) is 0. The molecular formula is C56H36. The van der Waals surface area contributed by atoms with Crippen molar-refractivity contribution in [2.24, 2.45) is 0 Å². The molecule has 0 bridgehead atoms. The Bertz CT molecular complexity index is 3210. The Morgan fingerprint density at radius 2 is 0.589 bits per heavy atom. The highest BCUT2D eigenvalue weighted by atomic mass is 14.2. The van der Waals surface area contributed by atoms with Crippen LogP contribution in [-0.2, 0) is 0 Å². The zero-order chi connectivity index (χ0) is 37.0. The minimum Gasteiger partial charge on any atom is -0.0616 e. The van der Waals surface area contributed by atoms with E-state index >= 15 is 0 Å². The molecule has 11 rings (SSSR count). The predicted octanol–water partition coefficient (Wildman–Crippen LogP) is 15.8. The van der Waals surface area contributed by atoms with Crippen LogP contribution in [0, 0.1) is 0 Å². The van der Waals surface area contributed by atoms with Gasteiger partial charge in [0.05, 0.1) is 0 Å². The number of fused-ring (bicyclic) bond motifs is 6. The summed E-state index contributed by atoms with van der Waals surface area (Å²) in [6.07, 6.45) is 0. The maximum absolute atomic E-state index is 2.37. The van der Waals surface area contributed by atoms with E-state index < -0.39 is 0 Å². The quantitative estimate of drug-likeness (QED) is 0.123. The van der Waals surface area contributed by atoms with E-state index in [4.69, 9.17) is 0 Å². The van der Waals surface area contributed by atoms with Gasteiger partial charge in [-0.2, -0.15) is 0 Å². The molecule has 0 radical (unpaired) electrons. The smallest absolute Gasteiger partial charge is 0.00262 e. The highest BCUT2D eigenvalue weighted by molar-refractivity contribution is 6.21. The third-order valence-corrected chi connectivity index (χ3v) is 11.7. The van der Waals surface area contributed by atoms with Crippen LogP contribution in [0.25, 0.3) is 109 Å². The van der Waals surface area contributed by atoms with E-state index in [0.29, 0.717) is 0 Å². The second kappa shape index (κ2) is 13.2. The Morgan fingerprint density at radius 1 is 0.179 bits per heavy atom. The first kappa shape index (κ1) is 32.2. The molecule has 0 saturated carbocycles. The van der Waals surface area contributed by atoms with Crippen LogP contribution in [0.5, 0.6) is 0 Å². The van der Waals surface area contributed by atoms with Crippen molar-refractivity contribution < 1.29 is 0 Å². The van der Waals surface area contributed by atoms with Gasteiger partial charge in [0, 0.05) is 0 Å². The van der Waals surface area contributed by atoms with Crippen LogP contribution in [0.1, 0.15) is 0 Å². The molecule has 260 valence electrons. The SMILES string of the molecule is c1cc(-c2cccc3ccccc23)cc(-c2c3ccccc3c(-c3ccc(-c4ccc(-c5cccc6c5ccc5ccccc56)cc4)cc3)c3ccccc23)c1. The maximum Gasteiger partial charge on any atom is -0.00262 e. The second-order valence-corrected chi connectivity index (χ2v) is 14.8. The van der Waals surface area contributed by atoms with Crippen LogP contribution < -0.4 is 0 Å². The van der Waals surface area contributed by atoms with E-state index in [2.05, 4.69) is 218 Å². The monoisotopic (exact) mass is 708 g/mol. The maximum atomic E-state index is 2.37. The molecule has 11 aromatic rings. The molecule has 0 atom stereocenters. The van der Waals surface area contributed by atoms with Crippen molar-refractivity contribution in [3.05, 3.63) is 218 Å². The van der Waals surface area contributed by atoms with E-state index in [-0.39, 0.29) is 0 Å². The van der Waals surface area contributed by atoms with Crippen LogP contribution in [-0.4, -0.2) is 0 Å². The third kappa shape index (κ3) is 5.30. The first-order valence-electron chi connectivity index (χ1n) is 19.4. The summed E-state index contributed by atoms with van der Waals surface area (Å²) in [5, 5.41) is 12.7. The molecule has 0 heterocycles. The molecule has 0 spiro atoms. The minimum atomic E-state index is 1.21. The largest absolute Gasteiger partial charge is 0.0616 e. The van der Waals surface area contributed by atoms with Gasteiger partial charge < -0.3 is 0 Å². The van der Waals surface area contributed by atoms with Gasteiger partial charge in [0.15, 0.2) is 0 Å². The van der Waals surface area contributed by atoms with Crippen molar-refractivity contribution in [2.75, 3.05) is 0 Å². The molecule has 0 aliphatic carbocycles. The van der Waals surface area contributed by atoms with Crippen molar-refractivity contribution >= 4 is 53.9 Å². The number of hydrogen-bond acceptors (Lipinski definition) is 0. The van der Waals surface area contributed by atoms with Crippen LogP contribution in [0.3, 0.4) is 0 Å². The number of benzene rings is 11. The van der Waals surface area contributed by atoms with Crippen molar-refractivity contribution in [2.45, 2.75) is 0 Å². The van der Waals surface area contributed by atoms with Gasteiger partial charge in [0.25, 0.3) is 0 Å². The van der Waals surface area contributed by atoms with Gasteiger partial charge >= 0.3 is 0 Å². The van der Waals surface area contributed by atoms with Crippen LogP contribution in [0.15, 0.2) is 218 Å². The van der Waals surface area contributed by atoms with Gasteiger partial charge in [-0.05, 0) is 116 Å². The molecule has 0 saturated heterocycles. The Labute approximate surface area is 326 Å². The lowest BCUT2D eigenvalue weighted by Gasteiger charge is -2.18.